The summed E-state index contributed by atoms with van der Waals surface area (Å²) in [5.41, 5.74) is 1.13. The van der Waals surface area contributed by atoms with Gasteiger partial charge in [-0.25, -0.2) is 4.98 Å². The van der Waals surface area contributed by atoms with Crippen molar-refractivity contribution in [3.05, 3.63) is 71.7 Å². The number of nitrogens with one attached hydrogen (secondary N) is 1. The maximum Gasteiger partial charge on any atom is 0.130 e. The number of rotatable bonds is 6. The zero-order chi connectivity index (χ0) is 16.2. The van der Waals surface area contributed by atoms with Crippen LogP contribution in [0.1, 0.15) is 29.0 Å². The molecule has 0 bridgehead atoms. The Morgan fingerprint density at radius 2 is 2.00 bits per heavy atom. The lowest BCUT2D eigenvalue weighted by molar-refractivity contribution is 0.414. The van der Waals surface area contributed by atoms with E-state index in [9.17, 15) is 0 Å². The van der Waals surface area contributed by atoms with E-state index in [0.29, 0.717) is 6.54 Å². The number of hydrogen-bond acceptors (Lipinski definition) is 4. The molecule has 0 saturated carbocycles. The molecule has 0 aliphatic heterocycles. The van der Waals surface area contributed by atoms with E-state index in [0.717, 1.165) is 28.7 Å². The van der Waals surface area contributed by atoms with Crippen molar-refractivity contribution in [3.63, 3.8) is 0 Å². The normalized spacial score (nSPS) is 12.3. The van der Waals surface area contributed by atoms with Gasteiger partial charge in [-0.05, 0) is 36.8 Å². The van der Waals surface area contributed by atoms with Crippen LogP contribution in [-0.4, -0.2) is 16.7 Å². The number of nitrogens with zero attached hydrogens (tertiary/aromatic N) is 2. The van der Waals surface area contributed by atoms with E-state index in [2.05, 4.69) is 22.4 Å². The highest BCUT2D eigenvalue weighted by Gasteiger charge is 2.18. The van der Waals surface area contributed by atoms with Gasteiger partial charge >= 0.3 is 0 Å². The van der Waals surface area contributed by atoms with Crippen molar-refractivity contribution in [2.45, 2.75) is 19.5 Å². The molecule has 3 rings (SSSR count). The fourth-order valence-electron chi connectivity index (χ4n) is 2.59. The Labute approximate surface area is 135 Å². The zero-order valence-corrected chi connectivity index (χ0v) is 13.6. The van der Waals surface area contributed by atoms with Crippen LogP contribution in [-0.2, 0) is 13.6 Å². The predicted octanol–water partition coefficient (Wildman–Crippen LogP) is 3.21. The highest BCUT2D eigenvalue weighted by atomic mass is 16.5. The Hall–Kier alpha value is -2.53. The Balaban J connectivity index is 1.85. The molecule has 0 fully saturated rings. The second-order valence-electron chi connectivity index (χ2n) is 5.50. The average molecular weight is 311 g/mol. The average Bonchev–Trinajstić information content (AvgIpc) is 3.17. The van der Waals surface area contributed by atoms with Crippen LogP contribution < -0.4 is 10.1 Å². The van der Waals surface area contributed by atoms with Crippen molar-refractivity contribution < 1.29 is 9.15 Å². The van der Waals surface area contributed by atoms with E-state index < -0.39 is 0 Å². The SMILES string of the molecule is COc1ccc([C@H](NCc2ccc(C)o2)c2nccn2C)cc1. The molecule has 0 aliphatic rings. The molecule has 5 nitrogen and oxygen atoms in total. The number of furan rings is 1. The molecule has 5 heteroatoms. The second kappa shape index (κ2) is 6.71. The van der Waals surface area contributed by atoms with Crippen LogP contribution in [0.3, 0.4) is 0 Å². The lowest BCUT2D eigenvalue weighted by Crippen LogP contribution is -2.24. The number of imidazole rings is 1. The van der Waals surface area contributed by atoms with Crippen molar-refractivity contribution in [2.24, 2.45) is 7.05 Å². The highest BCUT2D eigenvalue weighted by molar-refractivity contribution is 5.32. The molecule has 0 spiro atoms. The first kappa shape index (κ1) is 15.4. The predicted molar refractivity (Wildman–Crippen MR) is 88.3 cm³/mol. The number of ether oxygens (including phenoxy) is 1. The number of hydrogen-bond donors (Lipinski definition) is 1. The minimum absolute atomic E-state index is 0.0219. The molecule has 1 aromatic carbocycles. The fraction of sp³-hybridized carbons (Fsp3) is 0.278. The summed E-state index contributed by atoms with van der Waals surface area (Å²) in [7, 11) is 3.67. The first-order valence-corrected chi connectivity index (χ1v) is 7.57. The third-order valence-corrected chi connectivity index (χ3v) is 3.84. The molecule has 120 valence electrons. The standard InChI is InChI=1S/C18H21N3O2/c1-13-4-7-16(23-13)12-20-17(18-19-10-11-21(18)2)14-5-8-15(22-3)9-6-14/h4-11,17,20H,12H2,1-3H3/t17-/m0/s1. The maximum atomic E-state index is 5.64. The van der Waals surface area contributed by atoms with Gasteiger partial charge in [-0.15, -0.1) is 0 Å². The van der Waals surface area contributed by atoms with Gasteiger partial charge in [0.1, 0.15) is 23.1 Å². The Morgan fingerprint density at radius 3 is 2.57 bits per heavy atom. The van der Waals surface area contributed by atoms with Crippen LogP contribution in [0.2, 0.25) is 0 Å². The van der Waals surface area contributed by atoms with Crippen LogP contribution in [0.15, 0.2) is 53.2 Å². The highest BCUT2D eigenvalue weighted by Crippen LogP contribution is 2.23. The molecule has 3 aromatic rings. The van der Waals surface area contributed by atoms with E-state index in [4.69, 9.17) is 9.15 Å². The molecule has 2 heterocycles. The fourth-order valence-corrected chi connectivity index (χ4v) is 2.59. The number of aryl methyl sites for hydroxylation is 2. The second-order valence-corrected chi connectivity index (χ2v) is 5.50. The first-order chi connectivity index (χ1) is 11.2. The van der Waals surface area contributed by atoms with Gasteiger partial charge in [-0.3, -0.25) is 5.32 Å². The van der Waals surface area contributed by atoms with Crippen molar-refractivity contribution in [3.8, 4) is 5.75 Å². The molecule has 1 atom stereocenters. The van der Waals surface area contributed by atoms with Gasteiger partial charge in [0, 0.05) is 19.4 Å². The minimum atomic E-state index is -0.0219. The summed E-state index contributed by atoms with van der Waals surface area (Å²) in [6, 6.07) is 12.0. The summed E-state index contributed by atoms with van der Waals surface area (Å²) in [6.45, 7) is 2.58. The van der Waals surface area contributed by atoms with Crippen molar-refractivity contribution >= 4 is 0 Å². The van der Waals surface area contributed by atoms with E-state index in [1.165, 1.54) is 0 Å². The topological polar surface area (TPSA) is 52.2 Å². The zero-order valence-electron chi connectivity index (χ0n) is 13.6. The van der Waals surface area contributed by atoms with E-state index >= 15 is 0 Å². The third-order valence-electron chi connectivity index (χ3n) is 3.84. The van der Waals surface area contributed by atoms with Crippen LogP contribution >= 0.6 is 0 Å². The molecule has 23 heavy (non-hydrogen) atoms. The van der Waals surface area contributed by atoms with Crippen molar-refractivity contribution in [1.29, 1.82) is 0 Å². The van der Waals surface area contributed by atoms with Crippen molar-refractivity contribution in [2.75, 3.05) is 7.11 Å². The van der Waals surface area contributed by atoms with Crippen LogP contribution in [0.5, 0.6) is 5.75 Å². The van der Waals surface area contributed by atoms with E-state index in [1.807, 2.05) is 55.2 Å². The first-order valence-electron chi connectivity index (χ1n) is 7.57. The monoisotopic (exact) mass is 311 g/mol. The van der Waals surface area contributed by atoms with Gasteiger partial charge in [0.15, 0.2) is 0 Å². The summed E-state index contributed by atoms with van der Waals surface area (Å²) < 4.78 is 12.9. The molecule has 0 saturated heterocycles. The third kappa shape index (κ3) is 3.46. The lowest BCUT2D eigenvalue weighted by Gasteiger charge is -2.19. The van der Waals surface area contributed by atoms with E-state index in [-0.39, 0.29) is 6.04 Å². The summed E-state index contributed by atoms with van der Waals surface area (Å²) >= 11 is 0. The molecular weight excluding hydrogens is 290 g/mol. The lowest BCUT2D eigenvalue weighted by atomic mass is 10.1. The summed E-state index contributed by atoms with van der Waals surface area (Å²) in [4.78, 5) is 4.49. The van der Waals surface area contributed by atoms with Crippen LogP contribution in [0, 0.1) is 6.92 Å². The summed E-state index contributed by atoms with van der Waals surface area (Å²) in [5.74, 6) is 3.63. The minimum Gasteiger partial charge on any atom is -0.497 e. The van der Waals surface area contributed by atoms with Crippen molar-refractivity contribution in [1.82, 2.24) is 14.9 Å². The van der Waals surface area contributed by atoms with E-state index in [1.54, 1.807) is 7.11 Å². The Bertz CT molecular complexity index is 759. The number of aromatic nitrogens is 2. The summed E-state index contributed by atoms with van der Waals surface area (Å²) in [6.07, 6.45) is 3.76. The van der Waals surface area contributed by atoms with Gasteiger partial charge < -0.3 is 13.7 Å². The molecule has 0 unspecified atom stereocenters. The molecule has 0 aliphatic carbocycles. The largest absolute Gasteiger partial charge is 0.497 e. The van der Waals surface area contributed by atoms with Gasteiger partial charge in [0.25, 0.3) is 0 Å². The molecule has 0 amide bonds. The smallest absolute Gasteiger partial charge is 0.130 e. The molecule has 0 radical (unpaired) electrons. The van der Waals surface area contributed by atoms with Crippen LogP contribution in [0.25, 0.3) is 0 Å². The maximum absolute atomic E-state index is 5.64. The molecular formula is C18H21N3O2. The van der Waals surface area contributed by atoms with Crippen LogP contribution in [0.4, 0.5) is 0 Å². The van der Waals surface area contributed by atoms with Gasteiger partial charge in [-0.1, -0.05) is 12.1 Å². The van der Waals surface area contributed by atoms with Gasteiger partial charge in [-0.2, -0.15) is 0 Å². The quantitative estimate of drug-likeness (QED) is 0.759. The molecule has 2 aromatic heterocycles. The number of methoxy groups -OCH3 is 1. The summed E-state index contributed by atoms with van der Waals surface area (Å²) in [5, 5.41) is 3.53. The van der Waals surface area contributed by atoms with Gasteiger partial charge in [0.2, 0.25) is 0 Å². The Kier molecular flexibility index (Phi) is 4.48. The van der Waals surface area contributed by atoms with Gasteiger partial charge in [0.05, 0.1) is 19.7 Å². The Morgan fingerprint density at radius 1 is 1.22 bits per heavy atom. The molecule has 1 N–H and O–H groups in total. The number of benzene rings is 1.